The number of unbranched alkanes of at least 4 members (excludes halogenated alkanes) is 3. The van der Waals surface area contributed by atoms with Crippen LogP contribution in [0.3, 0.4) is 0 Å². The van der Waals surface area contributed by atoms with Gasteiger partial charge in [0.15, 0.2) is 5.78 Å². The number of benzene rings is 4. The summed E-state index contributed by atoms with van der Waals surface area (Å²) in [4.78, 5) is 13.3. The first-order valence-corrected chi connectivity index (χ1v) is 12.2. The standard InChI is InChI=1S/C31H32O3/c1-2-3-4-11-16-29(32)31-28-19-18-27(33-22-24-12-7-5-8-13-24)21-26(28)17-20-30(31)34-23-25-14-9-6-10-15-25/h5-10,12-15,17-21H,2-4,11,16,22-23H2,1H3. The summed E-state index contributed by atoms with van der Waals surface area (Å²) >= 11 is 0. The fourth-order valence-electron chi connectivity index (χ4n) is 4.10. The number of Topliss-reactive ketones (excluding diaryl/α,β-unsaturated/α-hetero) is 1. The predicted molar refractivity (Wildman–Crippen MR) is 139 cm³/mol. The molecule has 0 fully saturated rings. The lowest BCUT2D eigenvalue weighted by Gasteiger charge is -2.15. The van der Waals surface area contributed by atoms with Crippen LogP contribution in [0.5, 0.6) is 11.5 Å². The minimum atomic E-state index is 0.141. The summed E-state index contributed by atoms with van der Waals surface area (Å²) in [6.45, 7) is 3.12. The van der Waals surface area contributed by atoms with Crippen molar-refractivity contribution >= 4 is 16.6 Å². The molecule has 174 valence electrons. The van der Waals surface area contributed by atoms with Gasteiger partial charge in [0, 0.05) is 6.42 Å². The summed E-state index contributed by atoms with van der Waals surface area (Å²) < 4.78 is 12.2. The van der Waals surface area contributed by atoms with Crippen LogP contribution in [0.15, 0.2) is 91.0 Å². The second-order valence-corrected chi connectivity index (χ2v) is 8.60. The van der Waals surface area contributed by atoms with Crippen molar-refractivity contribution in [3.8, 4) is 11.5 Å². The molecule has 0 radical (unpaired) electrons. The molecule has 0 aliphatic carbocycles. The van der Waals surface area contributed by atoms with Gasteiger partial charge in [0.25, 0.3) is 0 Å². The maximum atomic E-state index is 13.3. The van der Waals surface area contributed by atoms with Crippen LogP contribution in [0.25, 0.3) is 10.8 Å². The SMILES string of the molecule is CCCCCCC(=O)c1c(OCc2ccccc2)ccc2cc(OCc3ccccc3)ccc12. The van der Waals surface area contributed by atoms with Gasteiger partial charge in [0.1, 0.15) is 24.7 Å². The van der Waals surface area contributed by atoms with Crippen LogP contribution < -0.4 is 9.47 Å². The summed E-state index contributed by atoms with van der Waals surface area (Å²) in [7, 11) is 0. The molecule has 0 spiro atoms. The van der Waals surface area contributed by atoms with Crippen molar-refractivity contribution in [3.63, 3.8) is 0 Å². The Morgan fingerprint density at radius 3 is 2.06 bits per heavy atom. The molecule has 0 bridgehead atoms. The highest BCUT2D eigenvalue weighted by atomic mass is 16.5. The van der Waals surface area contributed by atoms with E-state index in [1.807, 2.05) is 91.0 Å². The average molecular weight is 453 g/mol. The molecular weight excluding hydrogens is 420 g/mol. The molecule has 0 saturated heterocycles. The van der Waals surface area contributed by atoms with Crippen molar-refractivity contribution in [1.82, 2.24) is 0 Å². The fourth-order valence-corrected chi connectivity index (χ4v) is 4.10. The van der Waals surface area contributed by atoms with Gasteiger partial charge in [0.05, 0.1) is 5.56 Å². The molecule has 0 aliphatic rings. The van der Waals surface area contributed by atoms with Gasteiger partial charge in [-0.1, -0.05) is 92.9 Å². The van der Waals surface area contributed by atoms with Gasteiger partial charge in [-0.15, -0.1) is 0 Å². The van der Waals surface area contributed by atoms with E-state index in [1.54, 1.807) is 0 Å². The summed E-state index contributed by atoms with van der Waals surface area (Å²) in [5.74, 6) is 1.58. The van der Waals surface area contributed by atoms with E-state index in [0.717, 1.165) is 53.3 Å². The minimum Gasteiger partial charge on any atom is -0.489 e. The Bertz CT molecular complexity index is 1200. The predicted octanol–water partition coefficient (Wildman–Crippen LogP) is 8.15. The van der Waals surface area contributed by atoms with Gasteiger partial charge < -0.3 is 9.47 Å². The average Bonchev–Trinajstić information content (AvgIpc) is 2.89. The van der Waals surface area contributed by atoms with E-state index < -0.39 is 0 Å². The van der Waals surface area contributed by atoms with E-state index in [9.17, 15) is 4.79 Å². The first-order chi connectivity index (χ1) is 16.7. The van der Waals surface area contributed by atoms with Crippen molar-refractivity contribution in [2.75, 3.05) is 0 Å². The number of ketones is 1. The molecule has 0 unspecified atom stereocenters. The van der Waals surface area contributed by atoms with Crippen LogP contribution >= 0.6 is 0 Å². The molecule has 0 N–H and O–H groups in total. The molecule has 0 heterocycles. The normalized spacial score (nSPS) is 10.9. The highest BCUT2D eigenvalue weighted by molar-refractivity contribution is 6.10. The lowest BCUT2D eigenvalue weighted by molar-refractivity contribution is 0.0976. The smallest absolute Gasteiger partial charge is 0.167 e. The Labute approximate surface area is 202 Å². The van der Waals surface area contributed by atoms with Crippen LogP contribution in [-0.4, -0.2) is 5.78 Å². The van der Waals surface area contributed by atoms with Crippen molar-refractivity contribution < 1.29 is 14.3 Å². The van der Waals surface area contributed by atoms with Gasteiger partial charge in [-0.05, 0) is 52.6 Å². The number of ether oxygens (including phenoxy) is 2. The fraction of sp³-hybridized carbons (Fsp3) is 0.258. The zero-order chi connectivity index (χ0) is 23.6. The van der Waals surface area contributed by atoms with E-state index in [2.05, 4.69) is 6.92 Å². The molecular formula is C31H32O3. The molecule has 4 rings (SSSR count). The zero-order valence-electron chi connectivity index (χ0n) is 19.8. The van der Waals surface area contributed by atoms with E-state index in [-0.39, 0.29) is 5.78 Å². The Balaban J connectivity index is 1.58. The molecule has 0 amide bonds. The number of rotatable bonds is 12. The zero-order valence-corrected chi connectivity index (χ0v) is 19.8. The van der Waals surface area contributed by atoms with E-state index >= 15 is 0 Å². The van der Waals surface area contributed by atoms with Crippen LogP contribution in [-0.2, 0) is 13.2 Å². The lowest BCUT2D eigenvalue weighted by atomic mass is 9.96. The lowest BCUT2D eigenvalue weighted by Crippen LogP contribution is -2.06. The summed E-state index contributed by atoms with van der Waals surface area (Å²) in [5, 5.41) is 1.90. The van der Waals surface area contributed by atoms with Crippen molar-refractivity contribution in [2.24, 2.45) is 0 Å². The monoisotopic (exact) mass is 452 g/mol. The Hall–Kier alpha value is -3.59. The highest BCUT2D eigenvalue weighted by Gasteiger charge is 2.17. The number of fused-ring (bicyclic) bond motifs is 1. The van der Waals surface area contributed by atoms with E-state index in [0.29, 0.717) is 30.9 Å². The minimum absolute atomic E-state index is 0.141. The second-order valence-electron chi connectivity index (χ2n) is 8.60. The van der Waals surface area contributed by atoms with Gasteiger partial charge in [0.2, 0.25) is 0 Å². The molecule has 0 aromatic heterocycles. The number of carbonyl (C=O) groups excluding carboxylic acids is 1. The molecule has 4 aromatic rings. The number of carbonyl (C=O) groups is 1. The number of hydrogen-bond donors (Lipinski definition) is 0. The van der Waals surface area contributed by atoms with E-state index in [4.69, 9.17) is 9.47 Å². The highest BCUT2D eigenvalue weighted by Crippen LogP contribution is 2.33. The summed E-state index contributed by atoms with van der Waals surface area (Å²) in [6, 6.07) is 30.0. The third-order valence-electron chi connectivity index (χ3n) is 5.97. The van der Waals surface area contributed by atoms with E-state index in [1.165, 1.54) is 0 Å². The largest absolute Gasteiger partial charge is 0.489 e. The first kappa shape index (κ1) is 23.6. The van der Waals surface area contributed by atoms with Crippen molar-refractivity contribution in [1.29, 1.82) is 0 Å². The third kappa shape index (κ3) is 6.26. The number of hydrogen-bond acceptors (Lipinski definition) is 3. The van der Waals surface area contributed by atoms with Crippen LogP contribution in [0.1, 0.15) is 60.5 Å². The quantitative estimate of drug-likeness (QED) is 0.161. The molecule has 4 aromatic carbocycles. The van der Waals surface area contributed by atoms with Crippen molar-refractivity contribution in [2.45, 2.75) is 52.2 Å². The third-order valence-corrected chi connectivity index (χ3v) is 5.97. The molecule has 0 aliphatic heterocycles. The van der Waals surface area contributed by atoms with Crippen LogP contribution in [0.4, 0.5) is 0 Å². The summed E-state index contributed by atoms with van der Waals surface area (Å²) in [5.41, 5.74) is 2.88. The van der Waals surface area contributed by atoms with Gasteiger partial charge in [-0.2, -0.15) is 0 Å². The van der Waals surface area contributed by atoms with Gasteiger partial charge in [-0.3, -0.25) is 4.79 Å². The van der Waals surface area contributed by atoms with Gasteiger partial charge in [-0.25, -0.2) is 0 Å². The molecule has 0 saturated carbocycles. The first-order valence-electron chi connectivity index (χ1n) is 12.2. The topological polar surface area (TPSA) is 35.5 Å². The molecule has 3 nitrogen and oxygen atoms in total. The Morgan fingerprint density at radius 1 is 0.706 bits per heavy atom. The van der Waals surface area contributed by atoms with Crippen molar-refractivity contribution in [3.05, 3.63) is 108 Å². The second kappa shape index (κ2) is 12.0. The Kier molecular flexibility index (Phi) is 8.34. The maximum absolute atomic E-state index is 13.3. The maximum Gasteiger partial charge on any atom is 0.167 e. The molecule has 0 atom stereocenters. The summed E-state index contributed by atoms with van der Waals surface area (Å²) in [6.07, 6.45) is 4.82. The van der Waals surface area contributed by atoms with Gasteiger partial charge >= 0.3 is 0 Å². The van der Waals surface area contributed by atoms with Crippen LogP contribution in [0.2, 0.25) is 0 Å². The van der Waals surface area contributed by atoms with Crippen LogP contribution in [0, 0.1) is 0 Å². The molecule has 34 heavy (non-hydrogen) atoms. The molecule has 3 heteroatoms. The Morgan fingerprint density at radius 2 is 1.38 bits per heavy atom.